The Kier molecular flexibility index (Phi) is 2.24. The topological polar surface area (TPSA) is 67.6 Å². The molecule has 1 aromatic carbocycles. The van der Waals surface area contributed by atoms with Gasteiger partial charge in [0.15, 0.2) is 0 Å². The Morgan fingerprint density at radius 3 is 2.83 bits per heavy atom. The largest absolute Gasteiger partial charge is 0.384 e. The molecule has 18 heavy (non-hydrogen) atoms. The molecule has 0 atom stereocenters. The molecule has 3 aromatic rings. The van der Waals surface area contributed by atoms with Crippen LogP contribution in [-0.2, 0) is 0 Å². The summed E-state index contributed by atoms with van der Waals surface area (Å²) in [6, 6.07) is 13.5. The summed E-state index contributed by atoms with van der Waals surface area (Å²) in [6.45, 7) is 0. The van der Waals surface area contributed by atoms with Crippen LogP contribution in [0.1, 0.15) is 5.56 Å². The number of nitriles is 1. The van der Waals surface area contributed by atoms with E-state index in [1.54, 1.807) is 12.3 Å². The van der Waals surface area contributed by atoms with Gasteiger partial charge >= 0.3 is 0 Å². The van der Waals surface area contributed by atoms with E-state index in [1.807, 2.05) is 41.1 Å². The lowest BCUT2D eigenvalue weighted by Gasteiger charge is -2.05. The van der Waals surface area contributed by atoms with Crippen LogP contribution < -0.4 is 5.73 Å². The van der Waals surface area contributed by atoms with E-state index < -0.39 is 0 Å². The van der Waals surface area contributed by atoms with Crippen LogP contribution in [0.5, 0.6) is 0 Å². The van der Waals surface area contributed by atoms with Crippen LogP contribution >= 0.6 is 0 Å². The zero-order valence-electron chi connectivity index (χ0n) is 9.54. The van der Waals surface area contributed by atoms with E-state index >= 15 is 0 Å². The fourth-order valence-corrected chi connectivity index (χ4v) is 2.01. The molecule has 0 fully saturated rings. The van der Waals surface area contributed by atoms with E-state index in [9.17, 15) is 0 Å². The number of rotatable bonds is 1. The van der Waals surface area contributed by atoms with Gasteiger partial charge in [0, 0.05) is 23.8 Å². The Hall–Kier alpha value is -2.80. The normalized spacial score (nSPS) is 10.4. The molecule has 0 bridgehead atoms. The second-order valence-corrected chi connectivity index (χ2v) is 4.01. The number of nitrogens with zero attached hydrogens (tertiary/aromatic N) is 3. The molecule has 0 spiro atoms. The van der Waals surface area contributed by atoms with Crippen molar-refractivity contribution >= 4 is 16.7 Å². The molecule has 4 nitrogen and oxygen atoms in total. The minimum atomic E-state index is 0.478. The third kappa shape index (κ3) is 1.59. The van der Waals surface area contributed by atoms with Crippen molar-refractivity contribution in [2.45, 2.75) is 0 Å². The predicted octanol–water partition coefficient (Wildman–Crippen LogP) is 2.48. The predicted molar refractivity (Wildman–Crippen MR) is 70.2 cm³/mol. The first-order valence-corrected chi connectivity index (χ1v) is 5.51. The lowest BCUT2D eigenvalue weighted by Crippen LogP contribution is -1.96. The molecule has 2 aromatic heterocycles. The molecule has 0 saturated heterocycles. The molecule has 0 radical (unpaired) electrons. The fourth-order valence-electron chi connectivity index (χ4n) is 2.01. The zero-order valence-corrected chi connectivity index (χ0v) is 9.54. The Morgan fingerprint density at radius 1 is 1.17 bits per heavy atom. The van der Waals surface area contributed by atoms with Crippen molar-refractivity contribution in [2.75, 3.05) is 5.73 Å². The molecular weight excluding hydrogens is 224 g/mol. The van der Waals surface area contributed by atoms with Gasteiger partial charge in [-0.2, -0.15) is 5.26 Å². The first kappa shape index (κ1) is 10.4. The number of hydrogen-bond acceptors (Lipinski definition) is 3. The van der Waals surface area contributed by atoms with Crippen molar-refractivity contribution in [3.8, 4) is 11.8 Å². The monoisotopic (exact) mass is 234 g/mol. The summed E-state index contributed by atoms with van der Waals surface area (Å²) in [4.78, 5) is 3.98. The average molecular weight is 234 g/mol. The minimum absolute atomic E-state index is 0.478. The number of aromatic nitrogens is 2. The molecule has 0 unspecified atom stereocenters. The molecular formula is C14H10N4. The van der Waals surface area contributed by atoms with E-state index in [0.717, 1.165) is 16.6 Å². The molecule has 4 heteroatoms. The van der Waals surface area contributed by atoms with E-state index in [4.69, 9.17) is 11.0 Å². The molecule has 0 aliphatic carbocycles. The minimum Gasteiger partial charge on any atom is -0.384 e. The number of benzene rings is 1. The van der Waals surface area contributed by atoms with Crippen LogP contribution in [0, 0.1) is 11.3 Å². The quantitative estimate of drug-likeness (QED) is 0.703. The molecule has 0 amide bonds. The van der Waals surface area contributed by atoms with Gasteiger partial charge in [0.2, 0.25) is 0 Å². The van der Waals surface area contributed by atoms with Crippen molar-refractivity contribution in [1.82, 2.24) is 9.55 Å². The van der Waals surface area contributed by atoms with Crippen LogP contribution in [-0.4, -0.2) is 9.55 Å². The standard InChI is InChI=1S/C14H10N4/c15-9-10-1-2-11-4-6-18(13(11)7-10)12-3-5-17-14(16)8-12/h1-8H,(H2,16,17). The van der Waals surface area contributed by atoms with Crippen LogP contribution in [0.4, 0.5) is 5.82 Å². The molecule has 0 saturated carbocycles. The molecule has 0 aliphatic rings. The number of hydrogen-bond donors (Lipinski definition) is 1. The highest BCUT2D eigenvalue weighted by atomic mass is 15.0. The van der Waals surface area contributed by atoms with Gasteiger partial charge in [-0.3, -0.25) is 0 Å². The number of pyridine rings is 1. The first-order chi connectivity index (χ1) is 8.78. The van der Waals surface area contributed by atoms with Crippen LogP contribution in [0.15, 0.2) is 48.8 Å². The van der Waals surface area contributed by atoms with Crippen LogP contribution in [0.2, 0.25) is 0 Å². The van der Waals surface area contributed by atoms with Crippen molar-refractivity contribution in [1.29, 1.82) is 5.26 Å². The van der Waals surface area contributed by atoms with Gasteiger partial charge in [-0.15, -0.1) is 0 Å². The highest BCUT2D eigenvalue weighted by molar-refractivity contribution is 5.83. The van der Waals surface area contributed by atoms with Gasteiger partial charge in [-0.25, -0.2) is 4.98 Å². The number of fused-ring (bicyclic) bond motifs is 1. The summed E-state index contributed by atoms with van der Waals surface area (Å²) in [7, 11) is 0. The maximum Gasteiger partial charge on any atom is 0.125 e. The van der Waals surface area contributed by atoms with Crippen molar-refractivity contribution in [3.05, 3.63) is 54.4 Å². The van der Waals surface area contributed by atoms with Crippen LogP contribution in [0.25, 0.3) is 16.6 Å². The number of nitrogens with two attached hydrogens (primary N) is 1. The summed E-state index contributed by atoms with van der Waals surface area (Å²) < 4.78 is 1.99. The summed E-state index contributed by atoms with van der Waals surface area (Å²) >= 11 is 0. The zero-order chi connectivity index (χ0) is 12.5. The number of anilines is 1. The van der Waals surface area contributed by atoms with Gasteiger partial charge < -0.3 is 10.3 Å². The molecule has 0 aliphatic heterocycles. The van der Waals surface area contributed by atoms with Gasteiger partial charge in [0.25, 0.3) is 0 Å². The maximum absolute atomic E-state index is 8.95. The van der Waals surface area contributed by atoms with Crippen molar-refractivity contribution in [2.24, 2.45) is 0 Å². The fraction of sp³-hybridized carbons (Fsp3) is 0. The summed E-state index contributed by atoms with van der Waals surface area (Å²) in [5, 5.41) is 10.0. The molecule has 2 N–H and O–H groups in total. The van der Waals surface area contributed by atoms with Crippen LogP contribution in [0.3, 0.4) is 0 Å². The summed E-state index contributed by atoms with van der Waals surface area (Å²) in [5.74, 6) is 0.478. The van der Waals surface area contributed by atoms with E-state index in [0.29, 0.717) is 11.4 Å². The highest BCUT2D eigenvalue weighted by Gasteiger charge is 2.04. The smallest absolute Gasteiger partial charge is 0.125 e. The lowest BCUT2D eigenvalue weighted by molar-refractivity contribution is 1.11. The Morgan fingerprint density at radius 2 is 2.06 bits per heavy atom. The van der Waals surface area contributed by atoms with Gasteiger partial charge in [-0.1, -0.05) is 6.07 Å². The highest BCUT2D eigenvalue weighted by Crippen LogP contribution is 2.22. The molecule has 3 rings (SSSR count). The third-order valence-electron chi connectivity index (χ3n) is 2.87. The Bertz CT molecular complexity index is 765. The van der Waals surface area contributed by atoms with E-state index in [2.05, 4.69) is 11.1 Å². The average Bonchev–Trinajstić information content (AvgIpc) is 2.81. The van der Waals surface area contributed by atoms with Gasteiger partial charge in [-0.05, 0) is 24.3 Å². The Balaban J connectivity index is 2.27. The number of nitrogen functional groups attached to an aromatic ring is 1. The maximum atomic E-state index is 8.95. The van der Waals surface area contributed by atoms with Crippen molar-refractivity contribution in [3.63, 3.8) is 0 Å². The first-order valence-electron chi connectivity index (χ1n) is 5.51. The summed E-state index contributed by atoms with van der Waals surface area (Å²) in [6.07, 6.45) is 3.63. The van der Waals surface area contributed by atoms with E-state index in [1.165, 1.54) is 0 Å². The van der Waals surface area contributed by atoms with Gasteiger partial charge in [0.1, 0.15) is 5.82 Å². The summed E-state index contributed by atoms with van der Waals surface area (Å²) in [5.41, 5.74) is 8.25. The van der Waals surface area contributed by atoms with Gasteiger partial charge in [0.05, 0.1) is 22.8 Å². The molecule has 86 valence electrons. The van der Waals surface area contributed by atoms with Crippen molar-refractivity contribution < 1.29 is 0 Å². The lowest BCUT2D eigenvalue weighted by atomic mass is 10.2. The van der Waals surface area contributed by atoms with E-state index in [-0.39, 0.29) is 0 Å². The SMILES string of the molecule is N#Cc1ccc2ccn(-c3ccnc(N)c3)c2c1. The second-order valence-electron chi connectivity index (χ2n) is 4.01. The second kappa shape index (κ2) is 3.90. The third-order valence-corrected chi connectivity index (χ3v) is 2.87. The Labute approximate surface area is 104 Å². The molecule has 2 heterocycles.